The summed E-state index contributed by atoms with van der Waals surface area (Å²) < 4.78 is 4.82. The van der Waals surface area contributed by atoms with Gasteiger partial charge in [0.05, 0.1) is 0 Å². The van der Waals surface area contributed by atoms with Crippen LogP contribution in [0, 0.1) is 0 Å². The first-order valence-corrected chi connectivity index (χ1v) is 5.81. The predicted octanol–water partition coefficient (Wildman–Crippen LogP) is 0.209. The Morgan fingerprint density at radius 1 is 0.812 bits per heavy atom. The number of nitrogens with two attached hydrogens (primary N) is 2. The minimum atomic E-state index is -0.963. The summed E-state index contributed by atoms with van der Waals surface area (Å²) in [5, 5.41) is 0. The van der Waals surface area contributed by atoms with Crippen LogP contribution in [0.25, 0.3) is 0 Å². The third-order valence-corrected chi connectivity index (χ3v) is 3.74. The minimum Gasteiger partial charge on any atom is -0.390 e. The molecule has 0 atom stereocenters. The zero-order valence-corrected chi connectivity index (χ0v) is 9.33. The summed E-state index contributed by atoms with van der Waals surface area (Å²) in [5.41, 5.74) is 9.75. The SMILES string of the molecule is NC1(C(=O)OC(=O)C2(N)CCC2)CCCC1. The van der Waals surface area contributed by atoms with Gasteiger partial charge in [0.15, 0.2) is 0 Å². The third kappa shape index (κ3) is 1.85. The van der Waals surface area contributed by atoms with Crippen molar-refractivity contribution in [1.29, 1.82) is 0 Å². The Bertz CT molecular complexity index is 317. The van der Waals surface area contributed by atoms with Gasteiger partial charge in [-0.3, -0.25) is 0 Å². The molecule has 0 heterocycles. The van der Waals surface area contributed by atoms with Crippen LogP contribution in [0.15, 0.2) is 0 Å². The molecule has 0 aliphatic heterocycles. The standard InChI is InChI=1S/C11H18N2O3/c12-10(4-1-2-5-10)8(14)16-9(15)11(13)6-3-7-11/h1-7,12-13H2. The fourth-order valence-corrected chi connectivity index (χ4v) is 2.26. The van der Waals surface area contributed by atoms with E-state index in [1.165, 1.54) is 0 Å². The Balaban J connectivity index is 1.94. The summed E-state index contributed by atoms with van der Waals surface area (Å²) in [6, 6.07) is 0. The van der Waals surface area contributed by atoms with Gasteiger partial charge in [-0.15, -0.1) is 0 Å². The number of esters is 2. The Morgan fingerprint density at radius 2 is 1.19 bits per heavy atom. The molecule has 2 rings (SSSR count). The predicted molar refractivity (Wildman–Crippen MR) is 57.3 cm³/mol. The zero-order valence-electron chi connectivity index (χ0n) is 9.33. The van der Waals surface area contributed by atoms with Crippen LogP contribution >= 0.6 is 0 Å². The van der Waals surface area contributed by atoms with E-state index in [1.54, 1.807) is 0 Å². The van der Waals surface area contributed by atoms with Gasteiger partial charge >= 0.3 is 11.9 Å². The highest BCUT2D eigenvalue weighted by atomic mass is 16.6. The summed E-state index contributed by atoms with van der Waals surface area (Å²) in [4.78, 5) is 23.4. The molecule has 0 aromatic rings. The molecule has 0 saturated heterocycles. The van der Waals surface area contributed by atoms with Gasteiger partial charge in [-0.1, -0.05) is 12.8 Å². The summed E-state index contributed by atoms with van der Waals surface area (Å²) in [7, 11) is 0. The van der Waals surface area contributed by atoms with Gasteiger partial charge in [0, 0.05) is 0 Å². The van der Waals surface area contributed by atoms with E-state index in [2.05, 4.69) is 0 Å². The largest absolute Gasteiger partial charge is 0.390 e. The molecule has 4 N–H and O–H groups in total. The van der Waals surface area contributed by atoms with Crippen LogP contribution in [0.5, 0.6) is 0 Å². The van der Waals surface area contributed by atoms with E-state index >= 15 is 0 Å². The summed E-state index contributed by atoms with van der Waals surface area (Å²) >= 11 is 0. The smallest absolute Gasteiger partial charge is 0.333 e. The van der Waals surface area contributed by atoms with Crippen molar-refractivity contribution in [2.75, 3.05) is 0 Å². The lowest BCUT2D eigenvalue weighted by Gasteiger charge is -2.35. The van der Waals surface area contributed by atoms with Crippen molar-refractivity contribution in [3.05, 3.63) is 0 Å². The lowest BCUT2D eigenvalue weighted by Crippen LogP contribution is -2.57. The Kier molecular flexibility index (Phi) is 2.75. The van der Waals surface area contributed by atoms with Gasteiger partial charge < -0.3 is 16.2 Å². The summed E-state index contributed by atoms with van der Waals surface area (Å²) in [6.45, 7) is 0. The van der Waals surface area contributed by atoms with Crippen molar-refractivity contribution in [3.8, 4) is 0 Å². The summed E-state index contributed by atoms with van der Waals surface area (Å²) in [6.07, 6.45) is 5.11. The number of carbonyl (C=O) groups is 2. The average molecular weight is 226 g/mol. The second kappa shape index (κ2) is 3.82. The van der Waals surface area contributed by atoms with Crippen molar-refractivity contribution >= 4 is 11.9 Å². The van der Waals surface area contributed by atoms with Gasteiger partial charge in [-0.05, 0) is 32.1 Å². The Morgan fingerprint density at radius 3 is 1.50 bits per heavy atom. The maximum Gasteiger partial charge on any atom is 0.333 e. The first-order valence-electron chi connectivity index (χ1n) is 5.81. The monoisotopic (exact) mass is 226 g/mol. The van der Waals surface area contributed by atoms with Gasteiger partial charge in [-0.2, -0.15) is 0 Å². The molecule has 0 unspecified atom stereocenters. The number of rotatable bonds is 2. The molecule has 2 aliphatic carbocycles. The second-order valence-corrected chi connectivity index (χ2v) is 5.05. The molecule has 0 radical (unpaired) electrons. The van der Waals surface area contributed by atoms with Crippen LogP contribution in [0.3, 0.4) is 0 Å². The number of carbonyl (C=O) groups excluding carboxylic acids is 2. The molecule has 2 saturated carbocycles. The minimum absolute atomic E-state index is 0.594. The number of hydrogen-bond acceptors (Lipinski definition) is 5. The van der Waals surface area contributed by atoms with Gasteiger partial charge in [-0.25, -0.2) is 9.59 Å². The number of ether oxygens (including phenoxy) is 1. The van der Waals surface area contributed by atoms with E-state index in [-0.39, 0.29) is 0 Å². The molecule has 5 heteroatoms. The van der Waals surface area contributed by atoms with E-state index in [0.717, 1.165) is 19.3 Å². The zero-order chi connectivity index (χ0) is 11.8. The quantitative estimate of drug-likeness (QED) is 0.518. The molecular weight excluding hydrogens is 208 g/mol. The van der Waals surface area contributed by atoms with Crippen LogP contribution < -0.4 is 11.5 Å². The van der Waals surface area contributed by atoms with E-state index in [1.807, 2.05) is 0 Å². The molecule has 90 valence electrons. The fourth-order valence-electron chi connectivity index (χ4n) is 2.26. The lowest BCUT2D eigenvalue weighted by molar-refractivity contribution is -0.169. The molecule has 0 amide bonds. The average Bonchev–Trinajstić information content (AvgIpc) is 2.62. The molecule has 0 spiro atoms. The van der Waals surface area contributed by atoms with Crippen molar-refractivity contribution in [1.82, 2.24) is 0 Å². The van der Waals surface area contributed by atoms with Crippen LogP contribution in [-0.4, -0.2) is 23.0 Å². The van der Waals surface area contributed by atoms with Crippen LogP contribution in [0.1, 0.15) is 44.9 Å². The Hall–Kier alpha value is -0.940. The van der Waals surface area contributed by atoms with E-state index in [9.17, 15) is 9.59 Å². The highest BCUT2D eigenvalue weighted by Crippen LogP contribution is 2.32. The van der Waals surface area contributed by atoms with Crippen molar-refractivity contribution < 1.29 is 14.3 Å². The molecule has 0 bridgehead atoms. The molecule has 2 aliphatic rings. The fraction of sp³-hybridized carbons (Fsp3) is 0.818. The maximum atomic E-state index is 11.7. The van der Waals surface area contributed by atoms with E-state index in [0.29, 0.717) is 25.7 Å². The first kappa shape index (κ1) is 11.5. The van der Waals surface area contributed by atoms with Crippen molar-refractivity contribution in [2.24, 2.45) is 11.5 Å². The van der Waals surface area contributed by atoms with E-state index in [4.69, 9.17) is 16.2 Å². The van der Waals surface area contributed by atoms with Crippen molar-refractivity contribution in [2.45, 2.75) is 56.0 Å². The molecule has 2 fully saturated rings. The van der Waals surface area contributed by atoms with E-state index < -0.39 is 23.0 Å². The van der Waals surface area contributed by atoms with Crippen LogP contribution in [0.2, 0.25) is 0 Å². The molecule has 5 nitrogen and oxygen atoms in total. The molecule has 0 aromatic carbocycles. The van der Waals surface area contributed by atoms with Crippen LogP contribution in [-0.2, 0) is 14.3 Å². The van der Waals surface area contributed by atoms with Gasteiger partial charge in [0.25, 0.3) is 0 Å². The second-order valence-electron chi connectivity index (χ2n) is 5.05. The van der Waals surface area contributed by atoms with Gasteiger partial charge in [0.2, 0.25) is 0 Å². The number of hydrogen-bond donors (Lipinski definition) is 2. The van der Waals surface area contributed by atoms with Crippen LogP contribution in [0.4, 0.5) is 0 Å². The maximum absolute atomic E-state index is 11.7. The molecule has 16 heavy (non-hydrogen) atoms. The molecular formula is C11H18N2O3. The highest BCUT2D eigenvalue weighted by molar-refractivity contribution is 5.95. The topological polar surface area (TPSA) is 95.4 Å². The Labute approximate surface area is 94.5 Å². The first-order chi connectivity index (χ1) is 7.46. The third-order valence-electron chi connectivity index (χ3n) is 3.74. The van der Waals surface area contributed by atoms with Crippen molar-refractivity contribution in [3.63, 3.8) is 0 Å². The highest BCUT2D eigenvalue weighted by Gasteiger charge is 2.46. The van der Waals surface area contributed by atoms with Gasteiger partial charge in [0.1, 0.15) is 11.1 Å². The normalized spacial score (nSPS) is 25.9. The lowest BCUT2D eigenvalue weighted by atomic mass is 9.78. The summed E-state index contributed by atoms with van der Waals surface area (Å²) in [5.74, 6) is -1.22. The molecule has 0 aromatic heterocycles.